The van der Waals surface area contributed by atoms with E-state index in [1.165, 1.54) is 11.3 Å². The number of ether oxygens (including phenoxy) is 2. The highest BCUT2D eigenvalue weighted by molar-refractivity contribution is 7.13. The van der Waals surface area contributed by atoms with Crippen molar-refractivity contribution in [2.45, 2.75) is 12.8 Å². The molecule has 7 nitrogen and oxygen atoms in total. The van der Waals surface area contributed by atoms with Crippen molar-refractivity contribution in [2.75, 3.05) is 19.0 Å². The predicted octanol–water partition coefficient (Wildman–Crippen LogP) is 1.97. The Kier molecular flexibility index (Phi) is 4.66. The summed E-state index contributed by atoms with van der Waals surface area (Å²) in [4.78, 5) is 27.2. The number of carbonyl (C=O) groups is 2. The van der Waals surface area contributed by atoms with Crippen molar-refractivity contribution in [3.63, 3.8) is 0 Å². The summed E-state index contributed by atoms with van der Waals surface area (Å²) in [5.74, 6) is -0.00461. The van der Waals surface area contributed by atoms with Crippen LogP contribution in [0.5, 0.6) is 11.5 Å². The molecule has 0 spiro atoms. The van der Waals surface area contributed by atoms with Gasteiger partial charge in [-0.1, -0.05) is 0 Å². The van der Waals surface area contributed by atoms with Crippen molar-refractivity contribution < 1.29 is 24.2 Å². The normalized spacial score (nSPS) is 16.0. The summed E-state index contributed by atoms with van der Waals surface area (Å²) in [6.07, 6.45) is 0.387. The second-order valence-corrected chi connectivity index (χ2v) is 6.25. The Morgan fingerprint density at radius 3 is 3.08 bits per heavy atom. The van der Waals surface area contributed by atoms with E-state index in [1.807, 2.05) is 18.2 Å². The molecule has 0 saturated carbocycles. The first-order valence-electron chi connectivity index (χ1n) is 7.32. The second-order valence-electron chi connectivity index (χ2n) is 5.39. The van der Waals surface area contributed by atoms with E-state index < -0.39 is 5.97 Å². The van der Waals surface area contributed by atoms with E-state index in [1.54, 1.807) is 12.5 Å². The molecule has 1 aromatic carbocycles. The zero-order valence-electron chi connectivity index (χ0n) is 12.9. The molecule has 1 aliphatic heterocycles. The first-order chi connectivity index (χ1) is 11.5. The summed E-state index contributed by atoms with van der Waals surface area (Å²) in [6, 6.07) is 5.52. The maximum absolute atomic E-state index is 12.4. The van der Waals surface area contributed by atoms with Crippen LogP contribution in [0.4, 0.5) is 5.13 Å². The maximum Gasteiger partial charge on any atom is 0.309 e. The number of thiazole rings is 1. The number of benzene rings is 1. The molecule has 0 fully saturated rings. The fourth-order valence-corrected chi connectivity index (χ4v) is 3.19. The molecule has 2 heterocycles. The maximum atomic E-state index is 12.4. The summed E-state index contributed by atoms with van der Waals surface area (Å²) >= 11 is 1.21. The van der Waals surface area contributed by atoms with E-state index in [0.717, 1.165) is 17.1 Å². The largest absolute Gasteiger partial charge is 0.497 e. The third kappa shape index (κ3) is 3.65. The van der Waals surface area contributed by atoms with Crippen molar-refractivity contribution in [3.8, 4) is 11.5 Å². The van der Waals surface area contributed by atoms with E-state index in [4.69, 9.17) is 14.6 Å². The molecule has 1 atom stereocenters. The number of rotatable bonds is 5. The van der Waals surface area contributed by atoms with E-state index in [2.05, 4.69) is 10.3 Å². The van der Waals surface area contributed by atoms with Crippen LogP contribution in [0.1, 0.15) is 11.3 Å². The van der Waals surface area contributed by atoms with Gasteiger partial charge in [-0.25, -0.2) is 4.98 Å². The number of hydrogen-bond acceptors (Lipinski definition) is 6. The van der Waals surface area contributed by atoms with E-state index in [0.29, 0.717) is 23.9 Å². The molecular formula is C16H16N2O5S. The Bertz CT molecular complexity index is 774. The number of hydrogen-bond donors (Lipinski definition) is 2. The number of aromatic nitrogens is 1. The van der Waals surface area contributed by atoms with Crippen molar-refractivity contribution >= 4 is 28.3 Å². The molecule has 1 amide bonds. The van der Waals surface area contributed by atoms with Crippen molar-refractivity contribution in [1.29, 1.82) is 0 Å². The summed E-state index contributed by atoms with van der Waals surface area (Å²) in [5, 5.41) is 13.5. The fraction of sp³-hybridized carbons (Fsp3) is 0.312. The molecule has 0 aliphatic carbocycles. The summed E-state index contributed by atoms with van der Waals surface area (Å²) in [5.41, 5.74) is 1.35. The van der Waals surface area contributed by atoms with Gasteiger partial charge in [0.1, 0.15) is 18.1 Å². The van der Waals surface area contributed by atoms with Crippen LogP contribution in [0.15, 0.2) is 23.6 Å². The Balaban J connectivity index is 1.65. The Labute approximate surface area is 142 Å². The highest BCUT2D eigenvalue weighted by Gasteiger charge is 2.27. The van der Waals surface area contributed by atoms with Gasteiger partial charge in [0.25, 0.3) is 0 Å². The predicted molar refractivity (Wildman–Crippen MR) is 87.8 cm³/mol. The minimum Gasteiger partial charge on any atom is -0.497 e. The smallest absolute Gasteiger partial charge is 0.309 e. The van der Waals surface area contributed by atoms with Crippen molar-refractivity contribution in [3.05, 3.63) is 34.8 Å². The average Bonchev–Trinajstić information content (AvgIpc) is 2.99. The first-order valence-corrected chi connectivity index (χ1v) is 8.20. The third-order valence-electron chi connectivity index (χ3n) is 3.66. The van der Waals surface area contributed by atoms with E-state index >= 15 is 0 Å². The number of carboxylic acid groups (broad SMARTS) is 1. The van der Waals surface area contributed by atoms with Gasteiger partial charge < -0.3 is 19.9 Å². The standard InChI is InChI=1S/C16H16N2O5S/c1-22-12-2-3-13-9(5-12)4-10(7-23-13)15(21)18-16-17-11(8-24-16)6-14(19)20/h2-3,5,8,10H,4,6-7H2,1H3,(H,19,20)(H,17,18,21). The van der Waals surface area contributed by atoms with Crippen LogP contribution in [0.2, 0.25) is 0 Å². The summed E-state index contributed by atoms with van der Waals surface area (Å²) in [7, 11) is 1.59. The monoisotopic (exact) mass is 348 g/mol. The highest BCUT2D eigenvalue weighted by atomic mass is 32.1. The molecule has 0 saturated heterocycles. The molecule has 3 rings (SSSR count). The number of fused-ring (bicyclic) bond motifs is 1. The van der Waals surface area contributed by atoms with Crippen LogP contribution in [0.25, 0.3) is 0 Å². The minimum atomic E-state index is -0.954. The molecule has 126 valence electrons. The number of nitrogens with zero attached hydrogens (tertiary/aromatic N) is 1. The van der Waals surface area contributed by atoms with Gasteiger partial charge >= 0.3 is 5.97 Å². The lowest BCUT2D eigenvalue weighted by Crippen LogP contribution is -2.32. The zero-order chi connectivity index (χ0) is 17.1. The Hall–Kier alpha value is -2.61. The lowest BCUT2D eigenvalue weighted by Gasteiger charge is -2.24. The molecule has 8 heteroatoms. The van der Waals surface area contributed by atoms with Crippen LogP contribution in [-0.4, -0.2) is 35.7 Å². The van der Waals surface area contributed by atoms with E-state index in [9.17, 15) is 9.59 Å². The fourth-order valence-electron chi connectivity index (χ4n) is 2.47. The zero-order valence-corrected chi connectivity index (χ0v) is 13.8. The molecule has 0 bridgehead atoms. The molecule has 1 aliphatic rings. The lowest BCUT2D eigenvalue weighted by molar-refractivity contribution is -0.136. The van der Waals surface area contributed by atoms with Gasteiger partial charge in [0.05, 0.1) is 25.1 Å². The molecule has 2 aromatic rings. The molecule has 0 radical (unpaired) electrons. The van der Waals surface area contributed by atoms with Gasteiger partial charge in [-0.15, -0.1) is 11.3 Å². The molecule has 1 aromatic heterocycles. The number of carboxylic acids is 1. The number of amides is 1. The first kappa shape index (κ1) is 16.3. The van der Waals surface area contributed by atoms with E-state index in [-0.39, 0.29) is 18.2 Å². The summed E-state index contributed by atoms with van der Waals surface area (Å²) in [6.45, 7) is 0.290. The number of aliphatic carboxylic acids is 1. The lowest BCUT2D eigenvalue weighted by atomic mass is 9.96. The Morgan fingerprint density at radius 2 is 2.33 bits per heavy atom. The molecule has 24 heavy (non-hydrogen) atoms. The van der Waals surface area contributed by atoms with Crippen molar-refractivity contribution in [1.82, 2.24) is 4.98 Å². The second kappa shape index (κ2) is 6.88. The van der Waals surface area contributed by atoms with Gasteiger partial charge in [-0.3, -0.25) is 9.59 Å². The number of carbonyl (C=O) groups excluding carboxylic acids is 1. The Morgan fingerprint density at radius 1 is 1.50 bits per heavy atom. The quantitative estimate of drug-likeness (QED) is 0.857. The van der Waals surface area contributed by atoms with Crippen LogP contribution in [0.3, 0.4) is 0 Å². The average molecular weight is 348 g/mol. The van der Waals surface area contributed by atoms with Crippen LogP contribution >= 0.6 is 11.3 Å². The van der Waals surface area contributed by atoms with Crippen LogP contribution in [-0.2, 0) is 22.4 Å². The van der Waals surface area contributed by atoms with Crippen LogP contribution < -0.4 is 14.8 Å². The molecule has 1 unspecified atom stereocenters. The number of nitrogens with one attached hydrogen (secondary N) is 1. The number of anilines is 1. The molecular weight excluding hydrogens is 332 g/mol. The SMILES string of the molecule is COc1ccc2c(c1)CC(C(=O)Nc1nc(CC(=O)O)cs1)CO2. The topological polar surface area (TPSA) is 97.8 Å². The van der Waals surface area contributed by atoms with Crippen molar-refractivity contribution in [2.24, 2.45) is 5.92 Å². The number of methoxy groups -OCH3 is 1. The van der Waals surface area contributed by atoms with Gasteiger partial charge in [-0.05, 0) is 30.2 Å². The highest BCUT2D eigenvalue weighted by Crippen LogP contribution is 2.31. The van der Waals surface area contributed by atoms with Gasteiger partial charge in [0, 0.05) is 5.38 Å². The molecule has 2 N–H and O–H groups in total. The minimum absolute atomic E-state index is 0.161. The van der Waals surface area contributed by atoms with Gasteiger partial charge in [0.15, 0.2) is 5.13 Å². The summed E-state index contributed by atoms with van der Waals surface area (Å²) < 4.78 is 10.8. The van der Waals surface area contributed by atoms with Crippen LogP contribution in [0, 0.1) is 5.92 Å². The van der Waals surface area contributed by atoms with Gasteiger partial charge in [0.2, 0.25) is 5.91 Å². The van der Waals surface area contributed by atoms with Gasteiger partial charge in [-0.2, -0.15) is 0 Å². The third-order valence-corrected chi connectivity index (χ3v) is 4.47.